The van der Waals surface area contributed by atoms with E-state index in [1.54, 1.807) is 24.3 Å². The maximum Gasteiger partial charge on any atom is 0.273 e. The largest absolute Gasteiger partial charge is 0.273 e. The van der Waals surface area contributed by atoms with Gasteiger partial charge in [0.25, 0.3) is 11.6 Å². The second kappa shape index (κ2) is 7.56. The Bertz CT molecular complexity index is 790. The topological polar surface area (TPSA) is 101 Å². The average Bonchev–Trinajstić information content (AvgIpc) is 2.54. The first kappa shape index (κ1) is 17.4. The molecule has 0 aliphatic rings. The molecule has 0 fully saturated rings. The molecule has 0 heterocycles. The van der Waals surface area contributed by atoms with Gasteiger partial charge in [-0.2, -0.15) is 0 Å². The molecule has 124 valence electrons. The first-order chi connectivity index (χ1) is 11.4. The van der Waals surface area contributed by atoms with Crippen LogP contribution in [0.4, 0.5) is 5.69 Å². The quantitative estimate of drug-likeness (QED) is 0.655. The zero-order chi connectivity index (χ0) is 17.7. The van der Waals surface area contributed by atoms with Crippen molar-refractivity contribution in [2.45, 2.75) is 13.3 Å². The van der Waals surface area contributed by atoms with Gasteiger partial charge < -0.3 is 0 Å². The summed E-state index contributed by atoms with van der Waals surface area (Å²) < 4.78 is 0. The van der Waals surface area contributed by atoms with Crippen molar-refractivity contribution in [3.63, 3.8) is 0 Å². The van der Waals surface area contributed by atoms with Crippen LogP contribution in [-0.2, 0) is 11.2 Å². The molecule has 0 atom stereocenters. The highest BCUT2D eigenvalue weighted by atomic mass is 35.5. The predicted octanol–water partition coefficient (Wildman–Crippen LogP) is 2.56. The van der Waals surface area contributed by atoms with Crippen molar-refractivity contribution < 1.29 is 14.5 Å². The molecule has 0 saturated heterocycles. The number of carbonyl (C=O) groups excluding carboxylic acids is 2. The normalized spacial score (nSPS) is 10.1. The van der Waals surface area contributed by atoms with Gasteiger partial charge in [-0.3, -0.25) is 30.6 Å². The molecule has 2 aromatic carbocycles. The summed E-state index contributed by atoms with van der Waals surface area (Å²) in [7, 11) is 0. The highest BCUT2D eigenvalue weighted by Crippen LogP contribution is 2.20. The number of hydrogen-bond acceptors (Lipinski definition) is 4. The number of hydrogen-bond donors (Lipinski definition) is 2. The molecule has 2 N–H and O–H groups in total. The average molecular weight is 348 g/mol. The summed E-state index contributed by atoms with van der Waals surface area (Å²) in [6.07, 6.45) is 0.0609. The molecule has 0 spiro atoms. The second-order valence-corrected chi connectivity index (χ2v) is 5.45. The van der Waals surface area contributed by atoms with Crippen LogP contribution in [0.25, 0.3) is 0 Å². The zero-order valence-electron chi connectivity index (χ0n) is 12.7. The smallest absolute Gasteiger partial charge is 0.273 e. The molecule has 0 radical (unpaired) electrons. The van der Waals surface area contributed by atoms with E-state index >= 15 is 0 Å². The van der Waals surface area contributed by atoms with E-state index in [2.05, 4.69) is 10.9 Å². The molecule has 0 aliphatic carbocycles. The van der Waals surface area contributed by atoms with Gasteiger partial charge in [0.2, 0.25) is 5.91 Å². The number of nitrogens with one attached hydrogen (secondary N) is 2. The zero-order valence-corrected chi connectivity index (χ0v) is 13.5. The fourth-order valence-corrected chi connectivity index (χ4v) is 2.22. The van der Waals surface area contributed by atoms with Crippen molar-refractivity contribution in [3.05, 3.63) is 74.3 Å². The number of carbonyl (C=O) groups is 2. The van der Waals surface area contributed by atoms with Gasteiger partial charge in [0.15, 0.2) is 0 Å². The minimum atomic E-state index is -0.624. The Morgan fingerprint density at radius 2 is 1.79 bits per heavy atom. The number of nitrogens with zero attached hydrogens (tertiary/aromatic N) is 1. The van der Waals surface area contributed by atoms with Crippen LogP contribution < -0.4 is 10.9 Å². The van der Waals surface area contributed by atoms with Gasteiger partial charge in [-0.05, 0) is 30.7 Å². The molecule has 2 aromatic rings. The number of nitro benzene ring substituents is 1. The van der Waals surface area contributed by atoms with Crippen molar-refractivity contribution in [1.82, 2.24) is 10.9 Å². The van der Waals surface area contributed by atoms with E-state index in [9.17, 15) is 19.7 Å². The van der Waals surface area contributed by atoms with E-state index in [4.69, 9.17) is 11.6 Å². The lowest BCUT2D eigenvalue weighted by Gasteiger charge is -2.09. The first-order valence-electron chi connectivity index (χ1n) is 6.96. The molecule has 7 nitrogen and oxygen atoms in total. The van der Waals surface area contributed by atoms with E-state index in [0.717, 1.165) is 5.56 Å². The van der Waals surface area contributed by atoms with Gasteiger partial charge in [0.05, 0.1) is 16.9 Å². The first-order valence-corrected chi connectivity index (χ1v) is 7.34. The monoisotopic (exact) mass is 347 g/mol. The van der Waals surface area contributed by atoms with Crippen molar-refractivity contribution in [3.8, 4) is 0 Å². The standard InChI is InChI=1S/C16H14ClN3O4/c1-10-13(3-2-4-14(10)20(23)24)16(22)19-18-15(21)9-11-5-7-12(17)8-6-11/h2-8H,9H2,1H3,(H,18,21)(H,19,22). The van der Waals surface area contributed by atoms with E-state index in [0.29, 0.717) is 5.02 Å². The van der Waals surface area contributed by atoms with Gasteiger partial charge in [0.1, 0.15) is 0 Å². The van der Waals surface area contributed by atoms with Crippen LogP contribution in [0.3, 0.4) is 0 Å². The Morgan fingerprint density at radius 1 is 1.12 bits per heavy atom. The van der Waals surface area contributed by atoms with Gasteiger partial charge in [-0.15, -0.1) is 0 Å². The molecular weight excluding hydrogens is 334 g/mol. The summed E-state index contributed by atoms with van der Waals surface area (Å²) in [5, 5.41) is 11.4. The highest BCUT2D eigenvalue weighted by Gasteiger charge is 2.18. The molecule has 0 aliphatic heterocycles. The third-order valence-electron chi connectivity index (χ3n) is 3.34. The van der Waals surface area contributed by atoms with Crippen LogP contribution in [0.2, 0.25) is 5.02 Å². The van der Waals surface area contributed by atoms with Gasteiger partial charge in [-0.25, -0.2) is 0 Å². The van der Waals surface area contributed by atoms with E-state index in [1.807, 2.05) is 0 Å². The predicted molar refractivity (Wildman–Crippen MR) is 88.6 cm³/mol. The summed E-state index contributed by atoms with van der Waals surface area (Å²) >= 11 is 5.76. The van der Waals surface area contributed by atoms with Crippen molar-refractivity contribution in [2.24, 2.45) is 0 Å². The number of rotatable bonds is 4. The Hall–Kier alpha value is -2.93. The van der Waals surface area contributed by atoms with Crippen LogP contribution in [0, 0.1) is 17.0 Å². The van der Waals surface area contributed by atoms with Crippen LogP contribution in [0.5, 0.6) is 0 Å². The summed E-state index contributed by atoms with van der Waals surface area (Å²) in [6, 6.07) is 10.9. The molecule has 2 amide bonds. The van der Waals surface area contributed by atoms with Gasteiger partial charge >= 0.3 is 0 Å². The molecule has 0 aromatic heterocycles. The van der Waals surface area contributed by atoms with Gasteiger partial charge in [-0.1, -0.05) is 29.8 Å². The van der Waals surface area contributed by atoms with Crippen LogP contribution in [0.15, 0.2) is 42.5 Å². The van der Waals surface area contributed by atoms with Gasteiger partial charge in [0, 0.05) is 16.7 Å². The summed E-state index contributed by atoms with van der Waals surface area (Å²) in [5.74, 6) is -1.05. The molecule has 2 rings (SSSR count). The Kier molecular flexibility index (Phi) is 5.49. The van der Waals surface area contributed by atoms with E-state index in [1.165, 1.54) is 25.1 Å². The van der Waals surface area contributed by atoms with Crippen molar-refractivity contribution >= 4 is 29.1 Å². The minimum Gasteiger partial charge on any atom is -0.273 e. The second-order valence-electron chi connectivity index (χ2n) is 5.01. The van der Waals surface area contributed by atoms with E-state index < -0.39 is 16.7 Å². The van der Waals surface area contributed by atoms with Crippen molar-refractivity contribution in [1.29, 1.82) is 0 Å². The van der Waals surface area contributed by atoms with Crippen molar-refractivity contribution in [2.75, 3.05) is 0 Å². The number of amides is 2. The van der Waals surface area contributed by atoms with Crippen LogP contribution >= 0.6 is 11.6 Å². The maximum absolute atomic E-state index is 12.1. The maximum atomic E-state index is 12.1. The Balaban J connectivity index is 1.98. The number of halogens is 1. The number of benzene rings is 2. The third kappa shape index (κ3) is 4.30. The SMILES string of the molecule is Cc1c(C(=O)NNC(=O)Cc2ccc(Cl)cc2)cccc1[N+](=O)[O-]. The summed E-state index contributed by atoms with van der Waals surface area (Å²) in [4.78, 5) is 34.2. The number of nitro groups is 1. The molecular formula is C16H14ClN3O4. The van der Waals surface area contributed by atoms with Crippen LogP contribution in [0.1, 0.15) is 21.5 Å². The Labute approximate surface area is 142 Å². The Morgan fingerprint density at radius 3 is 2.42 bits per heavy atom. The van der Waals surface area contributed by atoms with E-state index in [-0.39, 0.29) is 23.2 Å². The minimum absolute atomic E-state index is 0.0609. The summed E-state index contributed by atoms with van der Waals surface area (Å²) in [6.45, 7) is 1.47. The third-order valence-corrected chi connectivity index (χ3v) is 3.59. The lowest BCUT2D eigenvalue weighted by atomic mass is 10.1. The highest BCUT2D eigenvalue weighted by molar-refractivity contribution is 6.30. The molecule has 24 heavy (non-hydrogen) atoms. The lowest BCUT2D eigenvalue weighted by Crippen LogP contribution is -2.42. The fraction of sp³-hybridized carbons (Fsp3) is 0.125. The lowest BCUT2D eigenvalue weighted by molar-refractivity contribution is -0.385. The molecule has 0 unspecified atom stereocenters. The summed E-state index contributed by atoms with van der Waals surface area (Å²) in [5.41, 5.74) is 5.46. The molecule has 8 heteroatoms. The van der Waals surface area contributed by atoms with Crippen LogP contribution in [-0.4, -0.2) is 16.7 Å². The molecule has 0 saturated carbocycles. The number of hydrazine groups is 1. The molecule has 0 bridgehead atoms. The fourth-order valence-electron chi connectivity index (χ4n) is 2.09.